The van der Waals surface area contributed by atoms with Gasteiger partial charge in [0.25, 0.3) is 5.91 Å². The number of hydrogen-bond donors (Lipinski definition) is 2. The lowest BCUT2D eigenvalue weighted by Gasteiger charge is -2.33. The van der Waals surface area contributed by atoms with Crippen LogP contribution in [0.5, 0.6) is 0 Å². The van der Waals surface area contributed by atoms with Crippen molar-refractivity contribution in [2.75, 3.05) is 19.7 Å². The highest BCUT2D eigenvalue weighted by Gasteiger charge is 2.27. The van der Waals surface area contributed by atoms with Crippen molar-refractivity contribution in [2.24, 2.45) is 0 Å². The van der Waals surface area contributed by atoms with Gasteiger partial charge in [-0.15, -0.1) is 0 Å². The Morgan fingerprint density at radius 1 is 1.31 bits per heavy atom. The van der Waals surface area contributed by atoms with Crippen LogP contribution in [0.25, 0.3) is 10.9 Å². The molecule has 1 aliphatic heterocycles. The van der Waals surface area contributed by atoms with Gasteiger partial charge in [-0.05, 0) is 26.0 Å². The Kier molecular flexibility index (Phi) is 6.31. The van der Waals surface area contributed by atoms with E-state index < -0.39 is 0 Å². The summed E-state index contributed by atoms with van der Waals surface area (Å²) in [5.41, 5.74) is 4.63. The van der Waals surface area contributed by atoms with Crippen LogP contribution in [0.3, 0.4) is 0 Å². The number of nitrogens with one attached hydrogen (secondary N) is 2. The molecule has 2 aromatic heterocycles. The van der Waals surface area contributed by atoms with Crippen LogP contribution in [0, 0.1) is 0 Å². The van der Waals surface area contributed by atoms with Gasteiger partial charge in [0.1, 0.15) is 6.10 Å². The number of nitrogens with zero attached hydrogens (tertiary/aromatic N) is 3. The molecule has 0 radical (unpaired) electrons. The predicted molar refractivity (Wildman–Crippen MR) is 126 cm³/mol. The SMILES string of the molecule is CC(C)NC(=O)c1cc(C2CN(Cc3cn[nH]c3C(C)(C)C)CCO2)nc2ccccc12. The fourth-order valence-corrected chi connectivity index (χ4v) is 4.23. The van der Waals surface area contributed by atoms with Crippen LogP contribution < -0.4 is 5.32 Å². The molecular weight excluding hydrogens is 402 g/mol. The first kappa shape index (κ1) is 22.4. The molecule has 1 atom stereocenters. The molecule has 7 heteroatoms. The van der Waals surface area contributed by atoms with E-state index in [4.69, 9.17) is 9.72 Å². The lowest BCUT2D eigenvalue weighted by Crippen LogP contribution is -2.38. The highest BCUT2D eigenvalue weighted by molar-refractivity contribution is 6.06. The summed E-state index contributed by atoms with van der Waals surface area (Å²) in [6, 6.07) is 9.74. The third-order valence-electron chi connectivity index (χ3n) is 5.74. The minimum atomic E-state index is -0.191. The summed E-state index contributed by atoms with van der Waals surface area (Å²) in [6.07, 6.45) is 1.73. The number of fused-ring (bicyclic) bond motifs is 1. The lowest BCUT2D eigenvalue weighted by molar-refractivity contribution is -0.0349. The molecule has 0 bridgehead atoms. The van der Waals surface area contributed by atoms with E-state index in [-0.39, 0.29) is 23.5 Å². The van der Waals surface area contributed by atoms with E-state index in [2.05, 4.69) is 41.2 Å². The van der Waals surface area contributed by atoms with Crippen molar-refractivity contribution >= 4 is 16.8 Å². The van der Waals surface area contributed by atoms with E-state index in [9.17, 15) is 4.79 Å². The van der Waals surface area contributed by atoms with E-state index in [1.807, 2.05) is 50.4 Å². The Labute approximate surface area is 189 Å². The third-order valence-corrected chi connectivity index (χ3v) is 5.74. The molecule has 0 saturated carbocycles. The number of rotatable bonds is 5. The number of H-pyrrole nitrogens is 1. The normalized spacial score (nSPS) is 17.8. The van der Waals surface area contributed by atoms with Gasteiger partial charge in [-0.1, -0.05) is 39.0 Å². The van der Waals surface area contributed by atoms with E-state index in [0.717, 1.165) is 35.4 Å². The zero-order valence-electron chi connectivity index (χ0n) is 19.6. The van der Waals surface area contributed by atoms with Gasteiger partial charge in [0.15, 0.2) is 0 Å². The van der Waals surface area contributed by atoms with Crippen LogP contribution in [0.2, 0.25) is 0 Å². The van der Waals surface area contributed by atoms with Gasteiger partial charge in [0, 0.05) is 47.7 Å². The van der Waals surface area contributed by atoms with Gasteiger partial charge in [-0.2, -0.15) is 5.10 Å². The van der Waals surface area contributed by atoms with E-state index in [1.54, 1.807) is 0 Å². The van der Waals surface area contributed by atoms with Gasteiger partial charge in [0.05, 0.1) is 29.6 Å². The maximum Gasteiger partial charge on any atom is 0.252 e. The number of para-hydroxylation sites is 1. The molecule has 3 heterocycles. The molecule has 7 nitrogen and oxygen atoms in total. The monoisotopic (exact) mass is 435 g/mol. The number of carbonyl (C=O) groups is 1. The van der Waals surface area contributed by atoms with E-state index >= 15 is 0 Å². The molecule has 1 aromatic carbocycles. The number of aromatic amines is 1. The van der Waals surface area contributed by atoms with Crippen LogP contribution in [0.15, 0.2) is 36.5 Å². The molecule has 1 aliphatic rings. The zero-order valence-corrected chi connectivity index (χ0v) is 19.6. The van der Waals surface area contributed by atoms with E-state index in [1.165, 1.54) is 5.56 Å². The van der Waals surface area contributed by atoms with Crippen LogP contribution >= 0.6 is 0 Å². The van der Waals surface area contributed by atoms with Crippen molar-refractivity contribution in [1.29, 1.82) is 0 Å². The van der Waals surface area contributed by atoms with Crippen LogP contribution in [0.1, 0.15) is 68.0 Å². The number of amides is 1. The third kappa shape index (κ3) is 4.84. The Hall–Kier alpha value is -2.77. The van der Waals surface area contributed by atoms with Crippen molar-refractivity contribution in [2.45, 2.75) is 58.7 Å². The van der Waals surface area contributed by atoms with E-state index in [0.29, 0.717) is 18.7 Å². The summed E-state index contributed by atoms with van der Waals surface area (Å²) in [5, 5.41) is 11.3. The zero-order chi connectivity index (χ0) is 22.9. The number of pyridine rings is 1. The molecule has 1 saturated heterocycles. The van der Waals surface area contributed by atoms with Crippen molar-refractivity contribution in [1.82, 2.24) is 25.4 Å². The summed E-state index contributed by atoms with van der Waals surface area (Å²) in [4.78, 5) is 20.1. The smallest absolute Gasteiger partial charge is 0.252 e. The van der Waals surface area contributed by atoms with Crippen molar-refractivity contribution < 1.29 is 9.53 Å². The number of hydrogen-bond acceptors (Lipinski definition) is 5. The molecule has 0 aliphatic carbocycles. The minimum Gasteiger partial charge on any atom is -0.369 e. The van der Waals surface area contributed by atoms with Crippen molar-refractivity contribution in [3.8, 4) is 0 Å². The topological polar surface area (TPSA) is 83.1 Å². The van der Waals surface area contributed by atoms with Gasteiger partial charge in [-0.25, -0.2) is 4.98 Å². The maximum absolute atomic E-state index is 12.9. The second-order valence-electron chi connectivity index (χ2n) is 9.85. The van der Waals surface area contributed by atoms with Gasteiger partial charge >= 0.3 is 0 Å². The molecule has 1 unspecified atom stereocenters. The fraction of sp³-hybridized carbons (Fsp3) is 0.480. The second-order valence-corrected chi connectivity index (χ2v) is 9.85. The molecule has 4 rings (SSSR count). The Morgan fingerprint density at radius 3 is 2.84 bits per heavy atom. The molecule has 0 spiro atoms. The average Bonchev–Trinajstić information content (AvgIpc) is 3.21. The summed E-state index contributed by atoms with van der Waals surface area (Å²) in [6.45, 7) is 13.5. The summed E-state index contributed by atoms with van der Waals surface area (Å²) in [7, 11) is 0. The number of morpholine rings is 1. The van der Waals surface area contributed by atoms with Crippen LogP contribution in [-0.4, -0.2) is 51.7 Å². The largest absolute Gasteiger partial charge is 0.369 e. The summed E-state index contributed by atoms with van der Waals surface area (Å²) >= 11 is 0. The van der Waals surface area contributed by atoms with Gasteiger partial charge < -0.3 is 10.1 Å². The fourth-order valence-electron chi connectivity index (χ4n) is 4.23. The average molecular weight is 436 g/mol. The Balaban J connectivity index is 1.60. The quantitative estimate of drug-likeness (QED) is 0.634. The molecular formula is C25H33N5O2. The molecule has 1 amide bonds. The number of carbonyl (C=O) groups excluding carboxylic acids is 1. The Morgan fingerprint density at radius 2 is 2.09 bits per heavy atom. The summed E-state index contributed by atoms with van der Waals surface area (Å²) in [5.74, 6) is -0.0827. The minimum absolute atomic E-state index is 0.0100. The highest BCUT2D eigenvalue weighted by atomic mass is 16.5. The predicted octanol–water partition coefficient (Wildman–Crippen LogP) is 3.97. The molecule has 1 fully saturated rings. The second kappa shape index (κ2) is 9.00. The van der Waals surface area contributed by atoms with Crippen molar-refractivity contribution in [3.05, 3.63) is 59.0 Å². The number of aromatic nitrogens is 3. The number of ether oxygens (including phenoxy) is 1. The first-order chi connectivity index (χ1) is 15.2. The van der Waals surface area contributed by atoms with Crippen LogP contribution in [-0.2, 0) is 16.7 Å². The van der Waals surface area contributed by atoms with Crippen LogP contribution in [0.4, 0.5) is 0 Å². The van der Waals surface area contributed by atoms with Crippen molar-refractivity contribution in [3.63, 3.8) is 0 Å². The molecule has 32 heavy (non-hydrogen) atoms. The maximum atomic E-state index is 12.9. The van der Waals surface area contributed by atoms with Gasteiger partial charge in [-0.3, -0.25) is 14.8 Å². The van der Waals surface area contributed by atoms with Gasteiger partial charge in [0.2, 0.25) is 0 Å². The molecule has 170 valence electrons. The highest BCUT2D eigenvalue weighted by Crippen LogP contribution is 2.29. The lowest BCUT2D eigenvalue weighted by atomic mass is 9.89. The number of benzene rings is 1. The molecule has 3 aromatic rings. The first-order valence-corrected chi connectivity index (χ1v) is 11.3. The summed E-state index contributed by atoms with van der Waals surface area (Å²) < 4.78 is 6.12. The standard InChI is InChI=1S/C25H33N5O2/c1-16(2)27-24(31)19-12-21(28-20-9-7-6-8-18(19)20)22-15-30(10-11-32-22)14-17-13-26-29-23(17)25(3,4)5/h6-9,12-13,16,22H,10-11,14-15H2,1-5H3,(H,26,29)(H,27,31). The first-order valence-electron chi connectivity index (χ1n) is 11.3. The molecule has 2 N–H and O–H groups in total. The Bertz CT molecular complexity index is 1100.